The molecule has 0 bridgehead atoms. The Morgan fingerprint density at radius 3 is 2.95 bits per heavy atom. The molecule has 1 aliphatic heterocycles. The molecule has 1 aromatic rings. The molecule has 19 heavy (non-hydrogen) atoms. The van der Waals surface area contributed by atoms with Crippen LogP contribution in [0.15, 0.2) is 12.1 Å². The molecule has 1 atom stereocenters. The Balaban J connectivity index is 2.01. The van der Waals surface area contributed by atoms with Gasteiger partial charge in [0.25, 0.3) is 0 Å². The summed E-state index contributed by atoms with van der Waals surface area (Å²) in [7, 11) is 0. The molecule has 1 aromatic heterocycles. The van der Waals surface area contributed by atoms with E-state index in [1.807, 2.05) is 0 Å². The molecular formula is C16H27N3. The highest BCUT2D eigenvalue weighted by Gasteiger charge is 2.17. The van der Waals surface area contributed by atoms with Crippen LogP contribution in [-0.4, -0.2) is 24.6 Å². The molecule has 1 N–H and O–H groups in total. The highest BCUT2D eigenvalue weighted by molar-refractivity contribution is 5.42. The number of piperidine rings is 1. The van der Waals surface area contributed by atoms with Crippen molar-refractivity contribution < 1.29 is 0 Å². The Morgan fingerprint density at radius 2 is 2.26 bits per heavy atom. The molecule has 0 spiro atoms. The summed E-state index contributed by atoms with van der Waals surface area (Å²) in [5.74, 6) is 1.95. The number of nitrogens with one attached hydrogen (secondary N) is 1. The number of rotatable bonds is 5. The van der Waals surface area contributed by atoms with E-state index in [0.29, 0.717) is 0 Å². The van der Waals surface area contributed by atoms with Crippen molar-refractivity contribution in [2.45, 2.75) is 46.6 Å². The van der Waals surface area contributed by atoms with Crippen LogP contribution in [0.2, 0.25) is 0 Å². The van der Waals surface area contributed by atoms with E-state index in [2.05, 4.69) is 43.1 Å². The Kier molecular flexibility index (Phi) is 5.20. The topological polar surface area (TPSA) is 28.2 Å². The Hall–Kier alpha value is -1.09. The lowest BCUT2D eigenvalue weighted by Gasteiger charge is -2.32. The van der Waals surface area contributed by atoms with Crippen molar-refractivity contribution in [3.8, 4) is 0 Å². The molecule has 0 aromatic carbocycles. The van der Waals surface area contributed by atoms with Crippen LogP contribution in [0.4, 0.5) is 5.82 Å². The van der Waals surface area contributed by atoms with Gasteiger partial charge in [-0.3, -0.25) is 0 Å². The molecule has 1 aliphatic rings. The standard InChI is InChI=1S/C16H27N3/c1-4-9-17-11-15-7-8-16(18-14(15)3)19-10-5-6-13(2)12-19/h7-8,13,17H,4-6,9-12H2,1-3H3. The quantitative estimate of drug-likeness (QED) is 0.825. The first-order chi connectivity index (χ1) is 9.20. The molecular weight excluding hydrogens is 234 g/mol. The van der Waals surface area contributed by atoms with Crippen molar-refractivity contribution in [1.29, 1.82) is 0 Å². The smallest absolute Gasteiger partial charge is 0.128 e. The van der Waals surface area contributed by atoms with Crippen molar-refractivity contribution in [3.05, 3.63) is 23.4 Å². The van der Waals surface area contributed by atoms with Gasteiger partial charge < -0.3 is 10.2 Å². The third kappa shape index (κ3) is 3.93. The van der Waals surface area contributed by atoms with E-state index in [0.717, 1.165) is 37.9 Å². The zero-order valence-corrected chi connectivity index (χ0v) is 12.6. The second kappa shape index (κ2) is 6.90. The summed E-state index contributed by atoms with van der Waals surface area (Å²) < 4.78 is 0. The fourth-order valence-corrected chi connectivity index (χ4v) is 2.74. The number of nitrogens with zero attached hydrogens (tertiary/aromatic N) is 2. The van der Waals surface area contributed by atoms with Crippen molar-refractivity contribution in [1.82, 2.24) is 10.3 Å². The number of aryl methyl sites for hydroxylation is 1. The largest absolute Gasteiger partial charge is 0.356 e. The Morgan fingerprint density at radius 1 is 1.42 bits per heavy atom. The van der Waals surface area contributed by atoms with Crippen LogP contribution < -0.4 is 10.2 Å². The molecule has 1 saturated heterocycles. The van der Waals surface area contributed by atoms with Crippen LogP contribution in [0.5, 0.6) is 0 Å². The fraction of sp³-hybridized carbons (Fsp3) is 0.688. The van der Waals surface area contributed by atoms with Gasteiger partial charge in [0.05, 0.1) is 0 Å². The monoisotopic (exact) mass is 261 g/mol. The zero-order valence-electron chi connectivity index (χ0n) is 12.6. The van der Waals surface area contributed by atoms with Gasteiger partial charge in [0.15, 0.2) is 0 Å². The first kappa shape index (κ1) is 14.3. The van der Waals surface area contributed by atoms with E-state index in [9.17, 15) is 0 Å². The minimum absolute atomic E-state index is 0.793. The van der Waals surface area contributed by atoms with Crippen molar-refractivity contribution in [2.24, 2.45) is 5.92 Å². The molecule has 3 nitrogen and oxygen atoms in total. The van der Waals surface area contributed by atoms with Crippen LogP contribution in [-0.2, 0) is 6.54 Å². The summed E-state index contributed by atoms with van der Waals surface area (Å²) in [6.45, 7) is 11.0. The minimum Gasteiger partial charge on any atom is -0.356 e. The lowest BCUT2D eigenvalue weighted by molar-refractivity contribution is 0.444. The van der Waals surface area contributed by atoms with E-state index in [1.165, 1.54) is 30.5 Å². The molecule has 0 saturated carbocycles. The average Bonchev–Trinajstić information content (AvgIpc) is 2.41. The third-order valence-electron chi connectivity index (χ3n) is 3.90. The lowest BCUT2D eigenvalue weighted by atomic mass is 10.0. The maximum absolute atomic E-state index is 4.80. The van der Waals surface area contributed by atoms with Crippen LogP contribution in [0.1, 0.15) is 44.4 Å². The van der Waals surface area contributed by atoms with Gasteiger partial charge in [-0.15, -0.1) is 0 Å². The van der Waals surface area contributed by atoms with Gasteiger partial charge in [-0.2, -0.15) is 0 Å². The van der Waals surface area contributed by atoms with E-state index in [1.54, 1.807) is 0 Å². The molecule has 3 heteroatoms. The van der Waals surface area contributed by atoms with Gasteiger partial charge in [0, 0.05) is 25.3 Å². The number of anilines is 1. The Bertz CT molecular complexity index is 403. The van der Waals surface area contributed by atoms with Crippen molar-refractivity contribution in [2.75, 3.05) is 24.5 Å². The third-order valence-corrected chi connectivity index (χ3v) is 3.90. The number of hydrogen-bond acceptors (Lipinski definition) is 3. The summed E-state index contributed by atoms with van der Waals surface area (Å²) in [6, 6.07) is 4.42. The summed E-state index contributed by atoms with van der Waals surface area (Å²) in [5.41, 5.74) is 2.49. The molecule has 1 unspecified atom stereocenters. The highest BCUT2D eigenvalue weighted by Crippen LogP contribution is 2.22. The van der Waals surface area contributed by atoms with E-state index >= 15 is 0 Å². The summed E-state index contributed by atoms with van der Waals surface area (Å²) >= 11 is 0. The molecule has 1 fully saturated rings. The predicted molar refractivity (Wildman–Crippen MR) is 81.6 cm³/mol. The van der Waals surface area contributed by atoms with Crippen LogP contribution in [0.3, 0.4) is 0 Å². The van der Waals surface area contributed by atoms with Crippen LogP contribution in [0, 0.1) is 12.8 Å². The zero-order chi connectivity index (χ0) is 13.7. The van der Waals surface area contributed by atoms with E-state index in [-0.39, 0.29) is 0 Å². The van der Waals surface area contributed by atoms with Crippen molar-refractivity contribution >= 4 is 5.82 Å². The van der Waals surface area contributed by atoms with E-state index < -0.39 is 0 Å². The summed E-state index contributed by atoms with van der Waals surface area (Å²) in [4.78, 5) is 7.23. The first-order valence-corrected chi connectivity index (χ1v) is 7.63. The number of hydrogen-bond donors (Lipinski definition) is 1. The lowest BCUT2D eigenvalue weighted by Crippen LogP contribution is -2.35. The predicted octanol–water partition coefficient (Wildman–Crippen LogP) is 3.13. The Labute approximate surface area is 117 Å². The first-order valence-electron chi connectivity index (χ1n) is 7.63. The van der Waals surface area contributed by atoms with Gasteiger partial charge in [0.1, 0.15) is 5.82 Å². The average molecular weight is 261 g/mol. The molecule has 0 radical (unpaired) electrons. The molecule has 0 amide bonds. The minimum atomic E-state index is 0.793. The molecule has 106 valence electrons. The van der Waals surface area contributed by atoms with Gasteiger partial charge in [0.2, 0.25) is 0 Å². The highest BCUT2D eigenvalue weighted by atomic mass is 15.2. The second-order valence-electron chi connectivity index (χ2n) is 5.78. The van der Waals surface area contributed by atoms with Gasteiger partial charge in [-0.1, -0.05) is 19.9 Å². The van der Waals surface area contributed by atoms with Crippen LogP contribution >= 0.6 is 0 Å². The van der Waals surface area contributed by atoms with Gasteiger partial charge in [-0.25, -0.2) is 4.98 Å². The summed E-state index contributed by atoms with van der Waals surface area (Å²) in [6.07, 6.45) is 3.83. The maximum atomic E-state index is 4.80. The number of aromatic nitrogens is 1. The van der Waals surface area contributed by atoms with Crippen molar-refractivity contribution in [3.63, 3.8) is 0 Å². The van der Waals surface area contributed by atoms with Gasteiger partial charge >= 0.3 is 0 Å². The maximum Gasteiger partial charge on any atom is 0.128 e. The number of pyridine rings is 1. The van der Waals surface area contributed by atoms with E-state index in [4.69, 9.17) is 4.98 Å². The van der Waals surface area contributed by atoms with Gasteiger partial charge in [-0.05, 0) is 50.3 Å². The SMILES string of the molecule is CCCNCc1ccc(N2CCCC(C)C2)nc1C. The fourth-order valence-electron chi connectivity index (χ4n) is 2.74. The molecule has 2 heterocycles. The normalized spacial score (nSPS) is 19.7. The summed E-state index contributed by atoms with van der Waals surface area (Å²) in [5, 5.41) is 3.44. The molecule has 0 aliphatic carbocycles. The van der Waals surface area contributed by atoms with Crippen LogP contribution in [0.25, 0.3) is 0 Å². The second-order valence-corrected chi connectivity index (χ2v) is 5.78. The molecule has 2 rings (SSSR count).